The Kier molecular flexibility index (Phi) is 5.53. The van der Waals surface area contributed by atoms with E-state index in [0.717, 1.165) is 26.0 Å². The molecule has 5 nitrogen and oxygen atoms in total. The highest BCUT2D eigenvalue weighted by atomic mass is 79.9. The second-order valence-electron chi connectivity index (χ2n) is 6.25. The van der Waals surface area contributed by atoms with Crippen LogP contribution in [0.15, 0.2) is 60.6 Å². The van der Waals surface area contributed by atoms with Crippen LogP contribution in [0.4, 0.5) is 0 Å². The Hall–Kier alpha value is -1.77. The van der Waals surface area contributed by atoms with E-state index in [1.54, 1.807) is 42.0 Å². The topological polar surface area (TPSA) is 59.8 Å². The average molecular weight is 525 g/mol. The van der Waals surface area contributed by atoms with Crippen molar-refractivity contribution in [2.75, 3.05) is 19.4 Å². The Labute approximate surface area is 182 Å². The summed E-state index contributed by atoms with van der Waals surface area (Å²) in [7, 11) is 1.61. The third-order valence-corrected chi connectivity index (χ3v) is 6.91. The van der Waals surface area contributed by atoms with Crippen molar-refractivity contribution in [1.29, 1.82) is 0 Å². The van der Waals surface area contributed by atoms with Gasteiger partial charge in [-0.25, -0.2) is 4.79 Å². The predicted molar refractivity (Wildman–Crippen MR) is 117 cm³/mol. The molecule has 1 amide bonds. The summed E-state index contributed by atoms with van der Waals surface area (Å²) < 4.78 is 12.3. The van der Waals surface area contributed by atoms with Crippen LogP contribution in [-0.2, 0) is 0 Å². The number of fused-ring (bicyclic) bond motifs is 1. The van der Waals surface area contributed by atoms with Gasteiger partial charge in [0, 0.05) is 22.2 Å². The summed E-state index contributed by atoms with van der Waals surface area (Å²) in [5, 5.41) is 0.528. The van der Waals surface area contributed by atoms with Crippen LogP contribution < -0.4 is 10.4 Å². The Morgan fingerprint density at radius 3 is 2.79 bits per heavy atom. The number of methoxy groups -OCH3 is 1. The number of carbonyl (C=O) groups is 1. The molecule has 1 aromatic heterocycles. The van der Waals surface area contributed by atoms with Gasteiger partial charge < -0.3 is 14.1 Å². The van der Waals surface area contributed by atoms with Gasteiger partial charge >= 0.3 is 5.63 Å². The van der Waals surface area contributed by atoms with Crippen molar-refractivity contribution >= 4 is 60.5 Å². The number of halogens is 2. The van der Waals surface area contributed by atoms with Crippen molar-refractivity contribution in [2.45, 2.75) is 5.37 Å². The van der Waals surface area contributed by atoms with Gasteiger partial charge in [-0.2, -0.15) is 0 Å². The second-order valence-corrected chi connectivity index (χ2v) is 9.20. The number of ether oxygens (including phenoxy) is 1. The molecule has 2 aromatic carbocycles. The Bertz CT molecular complexity index is 1130. The highest BCUT2D eigenvalue weighted by molar-refractivity contribution is 9.10. The fourth-order valence-electron chi connectivity index (χ4n) is 3.19. The number of hydrogen-bond donors (Lipinski definition) is 0. The standard InChI is InChI=1S/C20H15Br2NO4S/c1-26-17-4-2-11(10-15(17)22)19-23(6-7-28-19)18(24)14-9-12-8-13(21)3-5-16(12)27-20(14)25/h2-5,8-10,19H,6-7H2,1H3/t19-/m1/s1. The molecule has 1 aliphatic rings. The number of rotatable bonds is 3. The molecule has 0 N–H and O–H groups in total. The fourth-order valence-corrected chi connectivity index (χ4v) is 5.37. The predicted octanol–water partition coefficient (Wildman–Crippen LogP) is 5.21. The molecular weight excluding hydrogens is 510 g/mol. The molecule has 3 aromatic rings. The number of nitrogens with zero attached hydrogens (tertiary/aromatic N) is 1. The number of amides is 1. The minimum absolute atomic E-state index is 0.0469. The van der Waals surface area contributed by atoms with Gasteiger partial charge in [-0.05, 0) is 57.9 Å². The highest BCUT2D eigenvalue weighted by Crippen LogP contribution is 2.41. The zero-order valence-corrected chi connectivity index (χ0v) is 18.8. The van der Waals surface area contributed by atoms with Crippen LogP contribution >= 0.6 is 43.6 Å². The number of thioether (sulfide) groups is 1. The van der Waals surface area contributed by atoms with Gasteiger partial charge in [-0.15, -0.1) is 11.8 Å². The lowest BCUT2D eigenvalue weighted by molar-refractivity contribution is 0.0756. The van der Waals surface area contributed by atoms with E-state index in [0.29, 0.717) is 17.5 Å². The zero-order valence-electron chi connectivity index (χ0n) is 14.8. The molecule has 1 saturated heterocycles. The van der Waals surface area contributed by atoms with Crippen molar-refractivity contribution in [3.05, 3.63) is 73.0 Å². The molecular formula is C20H15Br2NO4S. The summed E-state index contributed by atoms with van der Waals surface area (Å²) >= 11 is 8.56. The van der Waals surface area contributed by atoms with Crippen molar-refractivity contribution in [1.82, 2.24) is 4.90 Å². The largest absolute Gasteiger partial charge is 0.496 e. The molecule has 0 unspecified atom stereocenters. The summed E-state index contributed by atoms with van der Waals surface area (Å²) in [5.41, 5.74) is 0.852. The van der Waals surface area contributed by atoms with E-state index in [1.807, 2.05) is 24.3 Å². The van der Waals surface area contributed by atoms with Gasteiger partial charge in [0.2, 0.25) is 0 Å². The first-order chi connectivity index (χ1) is 13.5. The van der Waals surface area contributed by atoms with Crippen LogP contribution in [-0.4, -0.2) is 30.2 Å². The smallest absolute Gasteiger partial charge is 0.349 e. The Morgan fingerprint density at radius 1 is 1.21 bits per heavy atom. The molecule has 0 radical (unpaired) electrons. The van der Waals surface area contributed by atoms with Gasteiger partial charge in [0.1, 0.15) is 22.3 Å². The van der Waals surface area contributed by atoms with Gasteiger partial charge in [0.25, 0.3) is 5.91 Å². The summed E-state index contributed by atoms with van der Waals surface area (Å²) in [6.07, 6.45) is 0. The molecule has 0 spiro atoms. The van der Waals surface area contributed by atoms with Crippen molar-refractivity contribution in [2.24, 2.45) is 0 Å². The lowest BCUT2D eigenvalue weighted by Crippen LogP contribution is -2.33. The van der Waals surface area contributed by atoms with Gasteiger partial charge in [0.05, 0.1) is 11.6 Å². The van der Waals surface area contributed by atoms with Crippen molar-refractivity contribution in [3.8, 4) is 5.75 Å². The van der Waals surface area contributed by atoms with Crippen LogP contribution in [0.1, 0.15) is 21.3 Å². The molecule has 0 saturated carbocycles. The molecule has 1 aliphatic heterocycles. The van der Waals surface area contributed by atoms with E-state index in [1.165, 1.54) is 0 Å². The van der Waals surface area contributed by atoms with Gasteiger partial charge in [-0.3, -0.25) is 4.79 Å². The molecule has 8 heteroatoms. The van der Waals surface area contributed by atoms with E-state index >= 15 is 0 Å². The summed E-state index contributed by atoms with van der Waals surface area (Å²) in [5.74, 6) is 1.20. The van der Waals surface area contributed by atoms with Crippen LogP contribution in [0.2, 0.25) is 0 Å². The van der Waals surface area contributed by atoms with Crippen molar-refractivity contribution < 1.29 is 13.9 Å². The first-order valence-electron chi connectivity index (χ1n) is 8.47. The number of carbonyl (C=O) groups excluding carboxylic acids is 1. The summed E-state index contributed by atoms with van der Waals surface area (Å²) in [4.78, 5) is 27.4. The van der Waals surface area contributed by atoms with Crippen LogP contribution in [0.25, 0.3) is 11.0 Å². The van der Waals surface area contributed by atoms with Crippen LogP contribution in [0.3, 0.4) is 0 Å². The molecule has 0 bridgehead atoms. The molecule has 2 heterocycles. The number of benzene rings is 2. The minimum atomic E-state index is -0.619. The van der Waals surface area contributed by atoms with E-state index < -0.39 is 5.63 Å². The maximum absolute atomic E-state index is 13.2. The van der Waals surface area contributed by atoms with E-state index in [-0.39, 0.29) is 16.8 Å². The highest BCUT2D eigenvalue weighted by Gasteiger charge is 2.33. The summed E-state index contributed by atoms with van der Waals surface area (Å²) in [6.45, 7) is 0.563. The maximum Gasteiger partial charge on any atom is 0.349 e. The minimum Gasteiger partial charge on any atom is -0.496 e. The number of hydrogen-bond acceptors (Lipinski definition) is 5. The molecule has 4 rings (SSSR count). The normalized spacial score (nSPS) is 16.5. The third-order valence-electron chi connectivity index (χ3n) is 4.54. The molecule has 0 aliphatic carbocycles. The van der Waals surface area contributed by atoms with E-state index in [4.69, 9.17) is 9.15 Å². The monoisotopic (exact) mass is 523 g/mol. The Morgan fingerprint density at radius 2 is 2.04 bits per heavy atom. The van der Waals surface area contributed by atoms with Crippen LogP contribution in [0, 0.1) is 0 Å². The van der Waals surface area contributed by atoms with Crippen LogP contribution in [0.5, 0.6) is 5.75 Å². The maximum atomic E-state index is 13.2. The summed E-state index contributed by atoms with van der Waals surface area (Å²) in [6, 6.07) is 12.7. The van der Waals surface area contributed by atoms with Gasteiger partial charge in [-0.1, -0.05) is 22.0 Å². The first-order valence-corrected chi connectivity index (χ1v) is 11.1. The van der Waals surface area contributed by atoms with E-state index in [2.05, 4.69) is 31.9 Å². The van der Waals surface area contributed by atoms with Crippen molar-refractivity contribution in [3.63, 3.8) is 0 Å². The quantitative estimate of drug-likeness (QED) is 0.440. The molecule has 28 heavy (non-hydrogen) atoms. The molecule has 144 valence electrons. The fraction of sp³-hybridized carbons (Fsp3) is 0.200. The molecule has 1 fully saturated rings. The average Bonchev–Trinajstić information content (AvgIpc) is 3.17. The first kappa shape index (κ1) is 19.5. The van der Waals surface area contributed by atoms with E-state index in [9.17, 15) is 9.59 Å². The zero-order chi connectivity index (χ0) is 19.8. The molecule has 1 atom stereocenters. The second kappa shape index (κ2) is 7.93. The van der Waals surface area contributed by atoms with Gasteiger partial charge in [0.15, 0.2) is 0 Å². The third kappa shape index (κ3) is 3.60. The lowest BCUT2D eigenvalue weighted by atomic mass is 10.1. The SMILES string of the molecule is COc1ccc([C@H]2SCCN2C(=O)c2cc3cc(Br)ccc3oc2=O)cc1Br. The Balaban J connectivity index is 1.71. The lowest BCUT2D eigenvalue weighted by Gasteiger charge is -2.24.